The molecule has 6 nitrogen and oxygen atoms in total. The fraction of sp³-hybridized carbons (Fsp3) is 0.571. The Bertz CT molecular complexity index is 450. The summed E-state index contributed by atoms with van der Waals surface area (Å²) in [6.07, 6.45) is 4.72. The molecule has 1 amide bonds. The molecule has 0 bridgehead atoms. The quantitative estimate of drug-likeness (QED) is 0.819. The fourth-order valence-electron chi connectivity index (χ4n) is 2.55. The van der Waals surface area contributed by atoms with Crippen LogP contribution in [0, 0.1) is 0 Å². The minimum absolute atomic E-state index is 0.0123. The first-order chi connectivity index (χ1) is 9.77. The van der Waals surface area contributed by atoms with Gasteiger partial charge in [-0.15, -0.1) is 0 Å². The summed E-state index contributed by atoms with van der Waals surface area (Å²) in [4.78, 5) is 17.8. The summed E-state index contributed by atoms with van der Waals surface area (Å²) < 4.78 is 16.7. The van der Waals surface area contributed by atoms with E-state index in [0.29, 0.717) is 32.1 Å². The Morgan fingerprint density at radius 3 is 2.75 bits per heavy atom. The lowest BCUT2D eigenvalue weighted by Gasteiger charge is -2.37. The maximum Gasteiger partial charge on any atom is 0.260 e. The molecule has 3 rings (SSSR count). The van der Waals surface area contributed by atoms with Gasteiger partial charge in [0, 0.05) is 32.1 Å². The van der Waals surface area contributed by atoms with Crippen LogP contribution < -0.4 is 4.74 Å². The Labute approximate surface area is 117 Å². The van der Waals surface area contributed by atoms with E-state index in [1.54, 1.807) is 29.4 Å². The van der Waals surface area contributed by atoms with Crippen LogP contribution in [0.25, 0.3) is 0 Å². The molecule has 0 radical (unpaired) electrons. The first-order valence-corrected chi connectivity index (χ1v) is 6.86. The van der Waals surface area contributed by atoms with Gasteiger partial charge in [0.25, 0.3) is 5.91 Å². The maximum absolute atomic E-state index is 12.1. The molecule has 3 heterocycles. The second-order valence-corrected chi connectivity index (χ2v) is 4.97. The number of piperidine rings is 1. The standard InChI is InChI=1S/C14H18N2O4/c17-13(11-18-12-2-1-5-15-10-12)16-6-3-14(4-7-16)19-8-9-20-14/h1-2,5,10H,3-4,6-9,11H2. The van der Waals surface area contributed by atoms with E-state index < -0.39 is 5.79 Å². The van der Waals surface area contributed by atoms with Gasteiger partial charge >= 0.3 is 0 Å². The number of carbonyl (C=O) groups excluding carboxylic acids is 1. The molecule has 20 heavy (non-hydrogen) atoms. The van der Waals surface area contributed by atoms with E-state index in [-0.39, 0.29) is 12.5 Å². The number of nitrogens with zero attached hydrogens (tertiary/aromatic N) is 2. The molecule has 108 valence electrons. The number of ether oxygens (including phenoxy) is 3. The maximum atomic E-state index is 12.1. The summed E-state index contributed by atoms with van der Waals surface area (Å²) in [5, 5.41) is 0. The van der Waals surface area contributed by atoms with E-state index in [9.17, 15) is 4.79 Å². The second-order valence-electron chi connectivity index (χ2n) is 4.97. The largest absolute Gasteiger partial charge is 0.482 e. The van der Waals surface area contributed by atoms with Crippen LogP contribution in [0.5, 0.6) is 5.75 Å². The van der Waals surface area contributed by atoms with Crippen molar-refractivity contribution in [1.82, 2.24) is 9.88 Å². The minimum Gasteiger partial charge on any atom is -0.482 e. The first kappa shape index (κ1) is 13.3. The molecule has 2 fully saturated rings. The summed E-state index contributed by atoms with van der Waals surface area (Å²) in [6.45, 7) is 2.64. The van der Waals surface area contributed by atoms with Gasteiger partial charge in [-0.1, -0.05) is 0 Å². The number of hydrogen-bond acceptors (Lipinski definition) is 5. The molecule has 0 unspecified atom stereocenters. The molecular formula is C14H18N2O4. The lowest BCUT2D eigenvalue weighted by Crippen LogP contribution is -2.48. The van der Waals surface area contributed by atoms with Crippen LogP contribution in [0.1, 0.15) is 12.8 Å². The van der Waals surface area contributed by atoms with Crippen molar-refractivity contribution in [2.24, 2.45) is 0 Å². The highest BCUT2D eigenvalue weighted by Gasteiger charge is 2.40. The third kappa shape index (κ3) is 2.91. The lowest BCUT2D eigenvalue weighted by atomic mass is 10.0. The Morgan fingerprint density at radius 1 is 1.35 bits per heavy atom. The third-order valence-electron chi connectivity index (χ3n) is 3.69. The number of amides is 1. The number of pyridine rings is 1. The molecule has 0 atom stereocenters. The zero-order valence-corrected chi connectivity index (χ0v) is 11.3. The van der Waals surface area contributed by atoms with Crippen LogP contribution >= 0.6 is 0 Å². The zero-order valence-electron chi connectivity index (χ0n) is 11.3. The smallest absolute Gasteiger partial charge is 0.260 e. The topological polar surface area (TPSA) is 60.9 Å². The molecule has 0 aromatic carbocycles. The number of aromatic nitrogens is 1. The highest BCUT2D eigenvalue weighted by atomic mass is 16.7. The number of hydrogen-bond donors (Lipinski definition) is 0. The molecule has 1 spiro atoms. The van der Waals surface area contributed by atoms with Crippen molar-refractivity contribution in [3.63, 3.8) is 0 Å². The molecule has 1 aromatic heterocycles. The average Bonchev–Trinajstić information content (AvgIpc) is 2.95. The molecule has 2 saturated heterocycles. The summed E-state index contributed by atoms with van der Waals surface area (Å²) in [5.74, 6) is 0.152. The van der Waals surface area contributed by atoms with Gasteiger partial charge in [0.05, 0.1) is 19.4 Å². The van der Waals surface area contributed by atoms with Crippen LogP contribution in [0.2, 0.25) is 0 Å². The van der Waals surface area contributed by atoms with Crippen molar-refractivity contribution in [2.45, 2.75) is 18.6 Å². The van der Waals surface area contributed by atoms with Gasteiger partial charge in [-0.2, -0.15) is 0 Å². The van der Waals surface area contributed by atoms with Crippen LogP contribution in [-0.4, -0.2) is 54.5 Å². The van der Waals surface area contributed by atoms with Gasteiger partial charge in [-0.25, -0.2) is 0 Å². The number of rotatable bonds is 3. The van der Waals surface area contributed by atoms with Crippen LogP contribution in [0.4, 0.5) is 0 Å². The minimum atomic E-state index is -0.443. The van der Waals surface area contributed by atoms with E-state index in [0.717, 1.165) is 12.8 Å². The molecule has 0 saturated carbocycles. The molecular weight excluding hydrogens is 260 g/mol. The SMILES string of the molecule is O=C(COc1cccnc1)N1CCC2(CC1)OCCO2. The second kappa shape index (κ2) is 5.76. The van der Waals surface area contributed by atoms with Gasteiger partial charge in [-0.05, 0) is 12.1 Å². The van der Waals surface area contributed by atoms with Crippen molar-refractivity contribution in [2.75, 3.05) is 32.9 Å². The molecule has 0 N–H and O–H groups in total. The van der Waals surface area contributed by atoms with Crippen molar-refractivity contribution in [3.8, 4) is 5.75 Å². The van der Waals surface area contributed by atoms with Gasteiger partial charge in [0.1, 0.15) is 5.75 Å². The molecule has 2 aliphatic rings. The highest BCUT2D eigenvalue weighted by molar-refractivity contribution is 5.77. The van der Waals surface area contributed by atoms with E-state index in [1.807, 2.05) is 0 Å². The van der Waals surface area contributed by atoms with Crippen molar-refractivity contribution in [1.29, 1.82) is 0 Å². The highest BCUT2D eigenvalue weighted by Crippen LogP contribution is 2.31. The van der Waals surface area contributed by atoms with E-state index in [2.05, 4.69) is 4.98 Å². The fourth-order valence-corrected chi connectivity index (χ4v) is 2.55. The van der Waals surface area contributed by atoms with Crippen molar-refractivity contribution >= 4 is 5.91 Å². The van der Waals surface area contributed by atoms with Crippen LogP contribution in [-0.2, 0) is 14.3 Å². The van der Waals surface area contributed by atoms with Gasteiger partial charge < -0.3 is 19.1 Å². The Morgan fingerprint density at radius 2 is 2.10 bits per heavy atom. The Kier molecular flexibility index (Phi) is 3.84. The molecule has 2 aliphatic heterocycles. The summed E-state index contributed by atoms with van der Waals surface area (Å²) in [7, 11) is 0. The third-order valence-corrected chi connectivity index (χ3v) is 3.69. The summed E-state index contributed by atoms with van der Waals surface area (Å²) >= 11 is 0. The predicted octanol–water partition coefficient (Wildman–Crippen LogP) is 0.826. The Hall–Kier alpha value is -1.66. The number of likely N-dealkylation sites (tertiary alicyclic amines) is 1. The van der Waals surface area contributed by atoms with E-state index in [1.165, 1.54) is 0 Å². The first-order valence-electron chi connectivity index (χ1n) is 6.86. The van der Waals surface area contributed by atoms with Gasteiger partial charge in [0.15, 0.2) is 12.4 Å². The van der Waals surface area contributed by atoms with Crippen LogP contribution in [0.15, 0.2) is 24.5 Å². The van der Waals surface area contributed by atoms with Crippen molar-refractivity contribution < 1.29 is 19.0 Å². The summed E-state index contributed by atoms with van der Waals surface area (Å²) in [5.41, 5.74) is 0. The molecule has 1 aromatic rings. The number of carbonyl (C=O) groups is 1. The molecule has 6 heteroatoms. The van der Waals surface area contributed by atoms with Gasteiger partial charge in [0.2, 0.25) is 0 Å². The normalized spacial score (nSPS) is 21.1. The summed E-state index contributed by atoms with van der Waals surface area (Å²) in [6, 6.07) is 3.56. The van der Waals surface area contributed by atoms with Gasteiger partial charge in [-0.3, -0.25) is 9.78 Å². The van der Waals surface area contributed by atoms with E-state index >= 15 is 0 Å². The average molecular weight is 278 g/mol. The molecule has 0 aliphatic carbocycles. The lowest BCUT2D eigenvalue weighted by molar-refractivity contribution is -0.187. The van der Waals surface area contributed by atoms with Crippen LogP contribution in [0.3, 0.4) is 0 Å². The Balaban J connectivity index is 1.47. The monoisotopic (exact) mass is 278 g/mol. The zero-order chi connectivity index (χ0) is 13.8. The predicted molar refractivity (Wildman–Crippen MR) is 70.2 cm³/mol. The van der Waals surface area contributed by atoms with E-state index in [4.69, 9.17) is 14.2 Å². The van der Waals surface area contributed by atoms with Crippen molar-refractivity contribution in [3.05, 3.63) is 24.5 Å².